The average Bonchev–Trinajstić information content (AvgIpc) is 3.19. The second kappa shape index (κ2) is 10.0. The first kappa shape index (κ1) is 20.8. The van der Waals surface area contributed by atoms with Gasteiger partial charge in [0.05, 0.1) is 26.9 Å². The summed E-state index contributed by atoms with van der Waals surface area (Å²) in [6.07, 6.45) is 1.56. The number of hydrogen-bond acceptors (Lipinski definition) is 7. The summed E-state index contributed by atoms with van der Waals surface area (Å²) in [5.74, 6) is 1.44. The molecule has 1 aliphatic rings. The number of aryl methyl sites for hydroxylation is 1. The van der Waals surface area contributed by atoms with Crippen LogP contribution in [0.1, 0.15) is 28.5 Å². The Bertz CT molecular complexity index is 792. The van der Waals surface area contributed by atoms with Gasteiger partial charge in [-0.2, -0.15) is 0 Å². The summed E-state index contributed by atoms with van der Waals surface area (Å²) in [6.45, 7) is 1.40. The van der Waals surface area contributed by atoms with Gasteiger partial charge in [-0.05, 0) is 54.9 Å². The number of aliphatic hydroxyl groups is 1. The van der Waals surface area contributed by atoms with Crippen molar-refractivity contribution < 1.29 is 19.3 Å². The number of nitrogens with one attached hydrogen (secondary N) is 2. The molecule has 0 saturated carbocycles. The van der Waals surface area contributed by atoms with E-state index >= 15 is 0 Å². The van der Waals surface area contributed by atoms with Crippen molar-refractivity contribution in [2.45, 2.75) is 31.5 Å². The fourth-order valence-electron chi connectivity index (χ4n) is 3.35. The molecule has 3 rings (SSSR count). The van der Waals surface area contributed by atoms with Crippen molar-refractivity contribution in [3.05, 3.63) is 45.6 Å². The van der Waals surface area contributed by atoms with Gasteiger partial charge in [0.15, 0.2) is 11.5 Å². The first-order chi connectivity index (χ1) is 13.6. The molecule has 1 aromatic heterocycles. The normalized spacial score (nSPS) is 17.2. The minimum atomic E-state index is -0.609. The Labute approximate surface area is 170 Å². The van der Waals surface area contributed by atoms with Crippen LogP contribution in [0.4, 0.5) is 0 Å². The zero-order valence-electron chi connectivity index (χ0n) is 16.4. The third kappa shape index (κ3) is 5.11. The molecule has 0 bridgehead atoms. The van der Waals surface area contributed by atoms with E-state index in [1.807, 2.05) is 29.6 Å². The lowest BCUT2D eigenvalue weighted by Gasteiger charge is -2.25. The van der Waals surface area contributed by atoms with E-state index in [4.69, 9.17) is 19.6 Å². The van der Waals surface area contributed by atoms with Crippen molar-refractivity contribution in [2.75, 3.05) is 33.9 Å². The molecule has 2 unspecified atom stereocenters. The number of benzene rings is 1. The Balaban J connectivity index is 1.40. The molecular formula is C21H28N2O4S. The Morgan fingerprint density at radius 2 is 2.04 bits per heavy atom. The van der Waals surface area contributed by atoms with E-state index in [1.165, 1.54) is 4.88 Å². The Morgan fingerprint density at radius 1 is 1.21 bits per heavy atom. The van der Waals surface area contributed by atoms with Crippen molar-refractivity contribution in [1.29, 1.82) is 5.41 Å². The topological polar surface area (TPSA) is 83.8 Å². The van der Waals surface area contributed by atoms with Crippen LogP contribution in [0.2, 0.25) is 0 Å². The van der Waals surface area contributed by atoms with Gasteiger partial charge in [-0.3, -0.25) is 0 Å². The first-order valence-electron chi connectivity index (χ1n) is 9.47. The molecule has 2 atom stereocenters. The second-order valence-electron chi connectivity index (χ2n) is 6.84. The standard InChI is InChI=1S/C21H28N2O4S/c1-25-18-5-3-14(11-19(18)26-2)7-9-23-12-15(24)13-27-21-16-8-10-28-20(16)6-4-17(21)22/h3,5,8,10-11,15,21-24H,4,6-7,9,12-13H2,1-2H3. The Kier molecular flexibility index (Phi) is 7.44. The van der Waals surface area contributed by atoms with Crippen molar-refractivity contribution in [2.24, 2.45) is 0 Å². The van der Waals surface area contributed by atoms with Crippen LogP contribution in [-0.4, -0.2) is 50.8 Å². The number of ether oxygens (including phenoxy) is 3. The molecule has 0 amide bonds. The molecule has 152 valence electrons. The molecule has 0 saturated heterocycles. The molecule has 1 heterocycles. The highest BCUT2D eigenvalue weighted by Gasteiger charge is 2.27. The molecule has 0 radical (unpaired) electrons. The van der Waals surface area contributed by atoms with Gasteiger partial charge in [-0.1, -0.05) is 6.07 Å². The largest absolute Gasteiger partial charge is 0.493 e. The molecule has 1 aliphatic carbocycles. The number of rotatable bonds is 10. The minimum absolute atomic E-state index is 0.214. The minimum Gasteiger partial charge on any atom is -0.493 e. The molecular weight excluding hydrogens is 376 g/mol. The average molecular weight is 405 g/mol. The van der Waals surface area contributed by atoms with Gasteiger partial charge in [0, 0.05) is 22.7 Å². The van der Waals surface area contributed by atoms with Crippen LogP contribution in [-0.2, 0) is 17.6 Å². The van der Waals surface area contributed by atoms with Crippen molar-refractivity contribution >= 4 is 17.0 Å². The van der Waals surface area contributed by atoms with Crippen LogP contribution in [0.15, 0.2) is 29.6 Å². The lowest BCUT2D eigenvalue weighted by molar-refractivity contribution is 0.0150. The lowest BCUT2D eigenvalue weighted by atomic mass is 9.94. The maximum absolute atomic E-state index is 10.2. The molecule has 3 N–H and O–H groups in total. The zero-order valence-corrected chi connectivity index (χ0v) is 17.2. The number of fused-ring (bicyclic) bond motifs is 1. The van der Waals surface area contributed by atoms with Gasteiger partial charge in [0.25, 0.3) is 0 Å². The molecule has 0 aliphatic heterocycles. The van der Waals surface area contributed by atoms with E-state index in [0.717, 1.165) is 42.7 Å². The summed E-state index contributed by atoms with van der Waals surface area (Å²) in [5, 5.41) is 23.7. The fourth-order valence-corrected chi connectivity index (χ4v) is 4.26. The number of thiophene rings is 1. The fraction of sp³-hybridized carbons (Fsp3) is 0.476. The molecule has 7 heteroatoms. The molecule has 1 aromatic carbocycles. The van der Waals surface area contributed by atoms with E-state index < -0.39 is 6.10 Å². The van der Waals surface area contributed by atoms with Crippen LogP contribution < -0.4 is 14.8 Å². The number of hydrogen-bond donors (Lipinski definition) is 3. The van der Waals surface area contributed by atoms with E-state index in [9.17, 15) is 5.11 Å². The first-order valence-corrected chi connectivity index (χ1v) is 10.3. The van der Waals surface area contributed by atoms with Crippen molar-refractivity contribution in [3.63, 3.8) is 0 Å². The van der Waals surface area contributed by atoms with Gasteiger partial charge >= 0.3 is 0 Å². The third-order valence-electron chi connectivity index (χ3n) is 4.87. The van der Waals surface area contributed by atoms with Crippen molar-refractivity contribution in [1.82, 2.24) is 5.32 Å². The van der Waals surface area contributed by atoms with Crippen LogP contribution >= 0.6 is 11.3 Å². The predicted octanol–water partition coefficient (Wildman–Crippen LogP) is 2.98. The highest BCUT2D eigenvalue weighted by molar-refractivity contribution is 7.10. The zero-order chi connectivity index (χ0) is 19.9. The molecule has 0 fully saturated rings. The van der Waals surface area contributed by atoms with Crippen LogP contribution in [0.3, 0.4) is 0 Å². The highest BCUT2D eigenvalue weighted by Crippen LogP contribution is 2.33. The SMILES string of the molecule is COc1ccc(CCNCC(O)COC2C(=N)CCc3sccc32)cc1OC. The van der Waals surface area contributed by atoms with Gasteiger partial charge in [-0.15, -0.1) is 11.3 Å². The van der Waals surface area contributed by atoms with E-state index in [2.05, 4.69) is 5.32 Å². The summed E-state index contributed by atoms with van der Waals surface area (Å²) in [4.78, 5) is 1.29. The van der Waals surface area contributed by atoms with E-state index in [0.29, 0.717) is 18.0 Å². The summed E-state index contributed by atoms with van der Waals surface area (Å²) < 4.78 is 16.4. The smallest absolute Gasteiger partial charge is 0.160 e. The van der Waals surface area contributed by atoms with Crippen LogP contribution in [0, 0.1) is 5.41 Å². The number of aliphatic hydroxyl groups excluding tert-OH is 1. The summed E-state index contributed by atoms with van der Waals surface area (Å²) >= 11 is 1.72. The number of methoxy groups -OCH3 is 2. The van der Waals surface area contributed by atoms with Gasteiger partial charge in [-0.25, -0.2) is 0 Å². The van der Waals surface area contributed by atoms with Crippen LogP contribution in [0.25, 0.3) is 0 Å². The van der Waals surface area contributed by atoms with Crippen LogP contribution in [0.5, 0.6) is 11.5 Å². The van der Waals surface area contributed by atoms with Gasteiger partial charge in [0.1, 0.15) is 6.10 Å². The summed E-state index contributed by atoms with van der Waals surface area (Å²) in [6, 6.07) is 7.91. The maximum Gasteiger partial charge on any atom is 0.160 e. The Morgan fingerprint density at radius 3 is 2.82 bits per heavy atom. The highest BCUT2D eigenvalue weighted by atomic mass is 32.1. The van der Waals surface area contributed by atoms with E-state index in [1.54, 1.807) is 25.6 Å². The van der Waals surface area contributed by atoms with Gasteiger partial charge in [0.2, 0.25) is 0 Å². The lowest BCUT2D eigenvalue weighted by Crippen LogP contribution is -2.33. The molecule has 28 heavy (non-hydrogen) atoms. The molecule has 6 nitrogen and oxygen atoms in total. The monoisotopic (exact) mass is 404 g/mol. The molecule has 2 aromatic rings. The summed E-state index contributed by atoms with van der Waals surface area (Å²) in [5.41, 5.74) is 2.82. The maximum atomic E-state index is 10.2. The van der Waals surface area contributed by atoms with Crippen molar-refractivity contribution in [3.8, 4) is 11.5 Å². The van der Waals surface area contributed by atoms with Gasteiger partial charge < -0.3 is 30.0 Å². The Hall–Kier alpha value is -1.93. The predicted molar refractivity (Wildman–Crippen MR) is 111 cm³/mol. The third-order valence-corrected chi connectivity index (χ3v) is 5.87. The van der Waals surface area contributed by atoms with E-state index in [-0.39, 0.29) is 12.7 Å². The summed E-state index contributed by atoms with van der Waals surface area (Å²) in [7, 11) is 3.25. The molecule has 0 spiro atoms. The second-order valence-corrected chi connectivity index (χ2v) is 7.84. The quantitative estimate of drug-likeness (QED) is 0.530.